The molecule has 0 bridgehead atoms. The van der Waals surface area contributed by atoms with Crippen LogP contribution in [-0.4, -0.2) is 30.9 Å². The molecule has 16 heavy (non-hydrogen) atoms. The lowest BCUT2D eigenvalue weighted by molar-refractivity contribution is 0.281. The van der Waals surface area contributed by atoms with E-state index in [0.29, 0.717) is 18.7 Å². The van der Waals surface area contributed by atoms with Gasteiger partial charge in [0, 0.05) is 13.1 Å². The zero-order chi connectivity index (χ0) is 12.2. The first-order valence-corrected chi connectivity index (χ1v) is 6.70. The quantitative estimate of drug-likeness (QED) is 0.845. The van der Waals surface area contributed by atoms with Crippen LogP contribution in [0.3, 0.4) is 0 Å². The van der Waals surface area contributed by atoms with Gasteiger partial charge in [-0.3, -0.25) is 0 Å². The second kappa shape index (κ2) is 5.43. The van der Waals surface area contributed by atoms with Crippen LogP contribution < -0.4 is 0 Å². The van der Waals surface area contributed by atoms with Crippen LogP contribution in [0.1, 0.15) is 19.4 Å². The molecule has 0 heterocycles. The first kappa shape index (κ1) is 13.2. The summed E-state index contributed by atoms with van der Waals surface area (Å²) in [7, 11) is -3.37. The molecule has 0 aromatic heterocycles. The lowest BCUT2D eigenvalue weighted by Crippen LogP contribution is -2.30. The van der Waals surface area contributed by atoms with Crippen molar-refractivity contribution >= 4 is 10.0 Å². The van der Waals surface area contributed by atoms with Crippen molar-refractivity contribution in [3.05, 3.63) is 29.8 Å². The standard InChI is InChI=1S/C11H17NO3S/c1-3-12(4-2)16(14,15)11-7-5-10(9-13)6-8-11/h5-8,13H,3-4,9H2,1-2H3. The Kier molecular flexibility index (Phi) is 4.46. The number of hydrogen-bond donors (Lipinski definition) is 1. The molecule has 0 radical (unpaired) electrons. The zero-order valence-electron chi connectivity index (χ0n) is 9.55. The number of benzene rings is 1. The van der Waals surface area contributed by atoms with Gasteiger partial charge in [-0.25, -0.2) is 8.42 Å². The number of nitrogens with zero attached hydrogens (tertiary/aromatic N) is 1. The normalized spacial score (nSPS) is 12.0. The van der Waals surface area contributed by atoms with E-state index < -0.39 is 10.0 Å². The minimum Gasteiger partial charge on any atom is -0.392 e. The van der Waals surface area contributed by atoms with Crippen molar-refractivity contribution in [1.82, 2.24) is 4.31 Å². The Morgan fingerprint density at radius 3 is 2.00 bits per heavy atom. The van der Waals surface area contributed by atoms with Gasteiger partial charge in [0.1, 0.15) is 0 Å². The molecule has 1 N–H and O–H groups in total. The molecule has 0 amide bonds. The van der Waals surface area contributed by atoms with Crippen LogP contribution in [-0.2, 0) is 16.6 Å². The minimum atomic E-state index is -3.37. The SMILES string of the molecule is CCN(CC)S(=O)(=O)c1ccc(CO)cc1. The third-order valence-corrected chi connectivity index (χ3v) is 4.51. The van der Waals surface area contributed by atoms with Gasteiger partial charge in [0.05, 0.1) is 11.5 Å². The van der Waals surface area contributed by atoms with Crippen molar-refractivity contribution < 1.29 is 13.5 Å². The fraction of sp³-hybridized carbons (Fsp3) is 0.455. The van der Waals surface area contributed by atoms with Crippen LogP contribution in [0.15, 0.2) is 29.2 Å². The average Bonchev–Trinajstić information content (AvgIpc) is 2.30. The molecule has 90 valence electrons. The van der Waals surface area contributed by atoms with Crippen molar-refractivity contribution in [2.75, 3.05) is 13.1 Å². The number of hydrogen-bond acceptors (Lipinski definition) is 3. The first-order valence-electron chi connectivity index (χ1n) is 5.26. The first-order chi connectivity index (χ1) is 7.56. The zero-order valence-corrected chi connectivity index (χ0v) is 10.4. The van der Waals surface area contributed by atoms with Crippen LogP contribution in [0.5, 0.6) is 0 Å². The molecule has 5 heteroatoms. The summed E-state index contributed by atoms with van der Waals surface area (Å²) in [5.41, 5.74) is 0.707. The Hall–Kier alpha value is -0.910. The molecule has 0 saturated carbocycles. The Bertz CT molecular complexity index is 421. The van der Waals surface area contributed by atoms with Crippen LogP contribution >= 0.6 is 0 Å². The van der Waals surface area contributed by atoms with E-state index in [9.17, 15) is 8.42 Å². The van der Waals surface area contributed by atoms with E-state index in [2.05, 4.69) is 0 Å². The van der Waals surface area contributed by atoms with E-state index in [1.807, 2.05) is 13.8 Å². The maximum atomic E-state index is 12.1. The summed E-state index contributed by atoms with van der Waals surface area (Å²) < 4.78 is 25.5. The lowest BCUT2D eigenvalue weighted by Gasteiger charge is -2.18. The molecule has 0 aliphatic carbocycles. The molecule has 0 atom stereocenters. The maximum absolute atomic E-state index is 12.1. The molecule has 0 aliphatic heterocycles. The molecule has 4 nitrogen and oxygen atoms in total. The monoisotopic (exact) mass is 243 g/mol. The summed E-state index contributed by atoms with van der Waals surface area (Å²) in [5, 5.41) is 8.87. The van der Waals surface area contributed by atoms with Gasteiger partial charge in [-0.1, -0.05) is 26.0 Å². The van der Waals surface area contributed by atoms with Crippen LogP contribution in [0, 0.1) is 0 Å². The Balaban J connectivity index is 3.07. The molecule has 0 spiro atoms. The fourth-order valence-electron chi connectivity index (χ4n) is 1.48. The number of aliphatic hydroxyl groups is 1. The maximum Gasteiger partial charge on any atom is 0.243 e. The molecular weight excluding hydrogens is 226 g/mol. The highest BCUT2D eigenvalue weighted by Gasteiger charge is 2.20. The van der Waals surface area contributed by atoms with Crippen molar-refractivity contribution in [2.45, 2.75) is 25.3 Å². The Labute approximate surface area is 96.6 Å². The van der Waals surface area contributed by atoms with Crippen molar-refractivity contribution in [1.29, 1.82) is 0 Å². The summed E-state index contributed by atoms with van der Waals surface area (Å²) in [6.45, 7) is 4.46. The highest BCUT2D eigenvalue weighted by Crippen LogP contribution is 2.15. The van der Waals surface area contributed by atoms with Gasteiger partial charge < -0.3 is 5.11 Å². The second-order valence-electron chi connectivity index (χ2n) is 3.39. The van der Waals surface area contributed by atoms with Gasteiger partial charge >= 0.3 is 0 Å². The van der Waals surface area contributed by atoms with Gasteiger partial charge in [-0.15, -0.1) is 0 Å². The smallest absolute Gasteiger partial charge is 0.243 e. The lowest BCUT2D eigenvalue weighted by atomic mass is 10.2. The van der Waals surface area contributed by atoms with Gasteiger partial charge in [0.2, 0.25) is 10.0 Å². The van der Waals surface area contributed by atoms with E-state index in [4.69, 9.17) is 5.11 Å². The Morgan fingerprint density at radius 1 is 1.12 bits per heavy atom. The van der Waals surface area contributed by atoms with E-state index >= 15 is 0 Å². The number of sulfonamides is 1. The van der Waals surface area contributed by atoms with E-state index in [-0.39, 0.29) is 11.5 Å². The summed E-state index contributed by atoms with van der Waals surface area (Å²) in [4.78, 5) is 0.272. The van der Waals surface area contributed by atoms with Gasteiger partial charge in [0.25, 0.3) is 0 Å². The molecule has 0 fully saturated rings. The van der Waals surface area contributed by atoms with Gasteiger partial charge in [0.15, 0.2) is 0 Å². The highest BCUT2D eigenvalue weighted by molar-refractivity contribution is 7.89. The van der Waals surface area contributed by atoms with Gasteiger partial charge in [-0.2, -0.15) is 4.31 Å². The van der Waals surface area contributed by atoms with Crippen LogP contribution in [0.4, 0.5) is 0 Å². The molecule has 1 aromatic carbocycles. The summed E-state index contributed by atoms with van der Waals surface area (Å²) >= 11 is 0. The highest BCUT2D eigenvalue weighted by atomic mass is 32.2. The van der Waals surface area contributed by atoms with Crippen LogP contribution in [0.25, 0.3) is 0 Å². The second-order valence-corrected chi connectivity index (χ2v) is 5.33. The summed E-state index contributed by atoms with van der Waals surface area (Å²) in [6, 6.07) is 6.30. The third-order valence-electron chi connectivity index (χ3n) is 2.45. The van der Waals surface area contributed by atoms with Crippen molar-refractivity contribution in [2.24, 2.45) is 0 Å². The van der Waals surface area contributed by atoms with Crippen molar-refractivity contribution in [3.8, 4) is 0 Å². The summed E-state index contributed by atoms with van der Waals surface area (Å²) in [5.74, 6) is 0. The van der Waals surface area contributed by atoms with E-state index in [1.54, 1.807) is 12.1 Å². The largest absolute Gasteiger partial charge is 0.392 e. The van der Waals surface area contributed by atoms with E-state index in [0.717, 1.165) is 0 Å². The number of aliphatic hydroxyl groups excluding tert-OH is 1. The topological polar surface area (TPSA) is 57.6 Å². The van der Waals surface area contributed by atoms with E-state index in [1.165, 1.54) is 16.4 Å². The molecule has 1 aromatic rings. The predicted octanol–water partition coefficient (Wildman–Crippen LogP) is 1.21. The molecule has 0 aliphatic rings. The number of rotatable bonds is 5. The third kappa shape index (κ3) is 2.61. The molecule has 1 rings (SSSR count). The molecular formula is C11H17NO3S. The predicted molar refractivity (Wildman–Crippen MR) is 62.5 cm³/mol. The average molecular weight is 243 g/mol. The fourth-order valence-corrected chi connectivity index (χ4v) is 2.94. The Morgan fingerprint density at radius 2 is 1.62 bits per heavy atom. The minimum absolute atomic E-state index is 0.0778. The summed E-state index contributed by atoms with van der Waals surface area (Å²) in [6.07, 6.45) is 0. The molecule has 0 saturated heterocycles. The van der Waals surface area contributed by atoms with Gasteiger partial charge in [-0.05, 0) is 17.7 Å². The molecule has 0 unspecified atom stereocenters. The van der Waals surface area contributed by atoms with Crippen molar-refractivity contribution in [3.63, 3.8) is 0 Å². The van der Waals surface area contributed by atoms with Crippen LogP contribution in [0.2, 0.25) is 0 Å².